The standard InChI is InChI=1S/C11H13NO3S/c1-6-2-3-9(16-6)7-4-8(7)11(15)12-5-10(13)14/h2-3,7-8H,4-5H2,1H3,(H,12,15)(H,13,14). The molecule has 2 atom stereocenters. The molecule has 2 rings (SSSR count). The summed E-state index contributed by atoms with van der Waals surface area (Å²) < 4.78 is 0. The van der Waals surface area contributed by atoms with Gasteiger partial charge >= 0.3 is 5.97 Å². The zero-order chi connectivity index (χ0) is 11.7. The van der Waals surface area contributed by atoms with Gasteiger partial charge in [0.05, 0.1) is 0 Å². The summed E-state index contributed by atoms with van der Waals surface area (Å²) in [7, 11) is 0. The van der Waals surface area contributed by atoms with E-state index in [0.717, 1.165) is 6.42 Å². The van der Waals surface area contributed by atoms with E-state index in [1.807, 2.05) is 13.0 Å². The second kappa shape index (κ2) is 4.25. The number of nitrogens with one attached hydrogen (secondary N) is 1. The van der Waals surface area contributed by atoms with Crippen molar-refractivity contribution in [3.8, 4) is 0 Å². The number of carbonyl (C=O) groups excluding carboxylic acids is 1. The van der Waals surface area contributed by atoms with Crippen LogP contribution in [0.4, 0.5) is 0 Å². The second-order valence-corrected chi connectivity index (χ2v) is 5.33. The molecule has 16 heavy (non-hydrogen) atoms. The lowest BCUT2D eigenvalue weighted by atomic mass is 10.2. The van der Waals surface area contributed by atoms with Crippen LogP contribution >= 0.6 is 11.3 Å². The number of aliphatic carboxylic acids is 1. The molecule has 1 heterocycles. The number of aryl methyl sites for hydroxylation is 1. The van der Waals surface area contributed by atoms with Crippen molar-refractivity contribution < 1.29 is 14.7 Å². The van der Waals surface area contributed by atoms with Gasteiger partial charge in [0.2, 0.25) is 5.91 Å². The number of rotatable bonds is 4. The molecular weight excluding hydrogens is 226 g/mol. The van der Waals surface area contributed by atoms with Gasteiger partial charge < -0.3 is 10.4 Å². The Hall–Kier alpha value is -1.36. The molecule has 0 aliphatic heterocycles. The molecule has 5 heteroatoms. The summed E-state index contributed by atoms with van der Waals surface area (Å²) in [6, 6.07) is 4.10. The highest BCUT2D eigenvalue weighted by Crippen LogP contribution is 2.49. The number of hydrogen-bond donors (Lipinski definition) is 2. The number of carboxylic acids is 1. The van der Waals surface area contributed by atoms with Gasteiger partial charge in [0.15, 0.2) is 0 Å². The molecule has 1 aromatic heterocycles. The van der Waals surface area contributed by atoms with Crippen LogP contribution in [0.3, 0.4) is 0 Å². The molecule has 1 aliphatic rings. The zero-order valence-corrected chi connectivity index (χ0v) is 9.71. The van der Waals surface area contributed by atoms with E-state index in [1.54, 1.807) is 11.3 Å². The van der Waals surface area contributed by atoms with Crippen LogP contribution in [0.25, 0.3) is 0 Å². The Morgan fingerprint density at radius 1 is 1.56 bits per heavy atom. The van der Waals surface area contributed by atoms with E-state index in [-0.39, 0.29) is 18.4 Å². The maximum Gasteiger partial charge on any atom is 0.322 e. The van der Waals surface area contributed by atoms with Crippen LogP contribution in [-0.4, -0.2) is 23.5 Å². The molecule has 0 radical (unpaired) electrons. The summed E-state index contributed by atoms with van der Waals surface area (Å²) in [6.45, 7) is 1.75. The molecule has 1 saturated carbocycles. The molecule has 1 aliphatic carbocycles. The third kappa shape index (κ3) is 2.41. The summed E-state index contributed by atoms with van der Waals surface area (Å²) >= 11 is 1.71. The van der Waals surface area contributed by atoms with Crippen molar-refractivity contribution in [2.45, 2.75) is 19.3 Å². The van der Waals surface area contributed by atoms with E-state index in [4.69, 9.17) is 5.11 Å². The van der Waals surface area contributed by atoms with Crippen LogP contribution in [0, 0.1) is 12.8 Å². The molecule has 0 bridgehead atoms. The number of carbonyl (C=O) groups is 2. The first-order chi connectivity index (χ1) is 7.58. The molecule has 1 aromatic rings. The fourth-order valence-corrected chi connectivity index (χ4v) is 2.80. The van der Waals surface area contributed by atoms with E-state index >= 15 is 0 Å². The highest BCUT2D eigenvalue weighted by molar-refractivity contribution is 7.12. The Morgan fingerprint density at radius 2 is 2.31 bits per heavy atom. The maximum atomic E-state index is 11.5. The van der Waals surface area contributed by atoms with Gasteiger partial charge in [-0.2, -0.15) is 0 Å². The topological polar surface area (TPSA) is 66.4 Å². The number of thiophene rings is 1. The summed E-state index contributed by atoms with van der Waals surface area (Å²) in [5.74, 6) is -0.874. The van der Waals surface area contributed by atoms with Gasteiger partial charge in [-0.3, -0.25) is 9.59 Å². The molecule has 1 fully saturated rings. The largest absolute Gasteiger partial charge is 0.480 e. The van der Waals surface area contributed by atoms with E-state index in [0.29, 0.717) is 5.92 Å². The van der Waals surface area contributed by atoms with Crippen molar-refractivity contribution >= 4 is 23.2 Å². The van der Waals surface area contributed by atoms with Crippen LogP contribution in [0.2, 0.25) is 0 Å². The minimum absolute atomic E-state index is 0.0302. The van der Waals surface area contributed by atoms with Gasteiger partial charge in [-0.05, 0) is 25.5 Å². The zero-order valence-electron chi connectivity index (χ0n) is 8.90. The minimum atomic E-state index is -1.00. The maximum absolute atomic E-state index is 11.5. The third-order valence-corrected chi connectivity index (χ3v) is 3.80. The smallest absolute Gasteiger partial charge is 0.322 e. The lowest BCUT2D eigenvalue weighted by Gasteiger charge is -2.00. The van der Waals surface area contributed by atoms with E-state index in [2.05, 4.69) is 11.4 Å². The summed E-state index contributed by atoms with van der Waals surface area (Å²) in [5, 5.41) is 10.9. The Morgan fingerprint density at radius 3 is 2.88 bits per heavy atom. The van der Waals surface area contributed by atoms with Gasteiger partial charge in [-0.25, -0.2) is 0 Å². The molecular formula is C11H13NO3S. The number of carboxylic acid groups (broad SMARTS) is 1. The molecule has 0 aromatic carbocycles. The SMILES string of the molecule is Cc1ccc(C2CC2C(=O)NCC(=O)O)s1. The molecule has 0 spiro atoms. The quantitative estimate of drug-likeness (QED) is 0.833. The summed E-state index contributed by atoms with van der Waals surface area (Å²) in [6.07, 6.45) is 0.839. The van der Waals surface area contributed by atoms with Gasteiger partial charge in [0.1, 0.15) is 6.54 Å². The fraction of sp³-hybridized carbons (Fsp3) is 0.455. The monoisotopic (exact) mass is 239 g/mol. The minimum Gasteiger partial charge on any atom is -0.480 e. The average molecular weight is 239 g/mol. The normalized spacial score (nSPS) is 22.8. The Labute approximate surface area is 97.3 Å². The molecule has 1 amide bonds. The van der Waals surface area contributed by atoms with Crippen LogP contribution < -0.4 is 5.32 Å². The van der Waals surface area contributed by atoms with E-state index < -0.39 is 5.97 Å². The van der Waals surface area contributed by atoms with Crippen molar-refractivity contribution in [3.05, 3.63) is 21.9 Å². The number of amides is 1. The summed E-state index contributed by atoms with van der Waals surface area (Å²) in [4.78, 5) is 24.3. The van der Waals surface area contributed by atoms with Crippen LogP contribution in [0.5, 0.6) is 0 Å². The Kier molecular flexibility index (Phi) is 2.96. The third-order valence-electron chi connectivity index (χ3n) is 2.67. The van der Waals surface area contributed by atoms with Crippen LogP contribution in [0.15, 0.2) is 12.1 Å². The Balaban J connectivity index is 1.86. The van der Waals surface area contributed by atoms with Gasteiger partial charge in [-0.15, -0.1) is 11.3 Å². The first-order valence-electron chi connectivity index (χ1n) is 5.14. The van der Waals surface area contributed by atoms with E-state index in [9.17, 15) is 9.59 Å². The highest BCUT2D eigenvalue weighted by atomic mass is 32.1. The van der Waals surface area contributed by atoms with Crippen molar-refractivity contribution in [2.75, 3.05) is 6.54 Å². The molecule has 0 saturated heterocycles. The summed E-state index contributed by atoms with van der Waals surface area (Å²) in [5.41, 5.74) is 0. The van der Waals surface area contributed by atoms with Crippen molar-refractivity contribution in [2.24, 2.45) is 5.92 Å². The van der Waals surface area contributed by atoms with Crippen LogP contribution in [0.1, 0.15) is 22.1 Å². The van der Waals surface area contributed by atoms with E-state index in [1.165, 1.54) is 9.75 Å². The molecule has 2 N–H and O–H groups in total. The first-order valence-corrected chi connectivity index (χ1v) is 5.95. The molecule has 2 unspecified atom stereocenters. The van der Waals surface area contributed by atoms with Crippen molar-refractivity contribution in [1.29, 1.82) is 0 Å². The lowest BCUT2D eigenvalue weighted by molar-refractivity contribution is -0.138. The fourth-order valence-electron chi connectivity index (χ4n) is 1.75. The first kappa shape index (κ1) is 11.1. The predicted octanol–water partition coefficient (Wildman–Crippen LogP) is 1.36. The van der Waals surface area contributed by atoms with Gasteiger partial charge in [0.25, 0.3) is 0 Å². The second-order valence-electron chi connectivity index (χ2n) is 4.01. The van der Waals surface area contributed by atoms with Crippen molar-refractivity contribution in [3.63, 3.8) is 0 Å². The molecule has 4 nitrogen and oxygen atoms in total. The van der Waals surface area contributed by atoms with Gasteiger partial charge in [0, 0.05) is 21.6 Å². The van der Waals surface area contributed by atoms with Crippen molar-refractivity contribution in [1.82, 2.24) is 5.32 Å². The van der Waals surface area contributed by atoms with Crippen LogP contribution in [-0.2, 0) is 9.59 Å². The molecule has 86 valence electrons. The predicted molar refractivity (Wildman–Crippen MR) is 60.5 cm³/mol. The Bertz CT molecular complexity index is 427. The number of hydrogen-bond acceptors (Lipinski definition) is 3. The average Bonchev–Trinajstić information content (AvgIpc) is 2.92. The lowest BCUT2D eigenvalue weighted by Crippen LogP contribution is -2.30. The van der Waals surface area contributed by atoms with Gasteiger partial charge in [-0.1, -0.05) is 0 Å². The highest BCUT2D eigenvalue weighted by Gasteiger charge is 2.44.